The molecule has 0 unspecified atom stereocenters. The highest BCUT2D eigenvalue weighted by molar-refractivity contribution is 6.04. The molecule has 7 heteroatoms. The van der Waals surface area contributed by atoms with Crippen molar-refractivity contribution in [2.45, 2.75) is 6.42 Å². The van der Waals surface area contributed by atoms with Gasteiger partial charge in [0.1, 0.15) is 5.75 Å². The van der Waals surface area contributed by atoms with Gasteiger partial charge in [0, 0.05) is 6.54 Å². The SMILES string of the molecule is Nc1n[nH]c(C(=O)N2CCCOc3ccccc32)n1. The number of nitrogens with two attached hydrogens (primary N) is 1. The Balaban J connectivity index is 1.98. The maximum Gasteiger partial charge on any atom is 0.295 e. The van der Waals surface area contributed by atoms with Crippen LogP contribution >= 0.6 is 0 Å². The maximum atomic E-state index is 12.4. The van der Waals surface area contributed by atoms with E-state index >= 15 is 0 Å². The zero-order valence-corrected chi connectivity index (χ0v) is 10.2. The summed E-state index contributed by atoms with van der Waals surface area (Å²) in [6.07, 6.45) is 0.754. The Morgan fingerprint density at radius 2 is 2.26 bits per heavy atom. The van der Waals surface area contributed by atoms with Crippen LogP contribution in [0.25, 0.3) is 0 Å². The number of carbonyl (C=O) groups is 1. The number of hydrogen-bond acceptors (Lipinski definition) is 5. The average Bonchev–Trinajstić information content (AvgIpc) is 2.74. The summed E-state index contributed by atoms with van der Waals surface area (Å²) in [6.45, 7) is 1.15. The first-order valence-electron chi connectivity index (χ1n) is 5.97. The van der Waals surface area contributed by atoms with Crippen molar-refractivity contribution in [1.82, 2.24) is 15.2 Å². The number of hydrogen-bond donors (Lipinski definition) is 2. The van der Waals surface area contributed by atoms with Gasteiger partial charge in [0.2, 0.25) is 11.8 Å². The Kier molecular flexibility index (Phi) is 2.79. The molecule has 0 saturated carbocycles. The van der Waals surface area contributed by atoms with E-state index in [1.165, 1.54) is 0 Å². The van der Waals surface area contributed by atoms with Gasteiger partial charge in [-0.15, -0.1) is 5.10 Å². The second-order valence-corrected chi connectivity index (χ2v) is 4.17. The molecule has 1 aromatic carbocycles. The standard InChI is InChI=1S/C12H13N5O2/c13-12-14-10(15-16-12)11(18)17-6-3-7-19-9-5-2-1-4-8(9)17/h1-2,4-5H,3,6-7H2,(H3,13,14,15,16). The smallest absolute Gasteiger partial charge is 0.295 e. The van der Waals surface area contributed by atoms with Crippen molar-refractivity contribution in [2.75, 3.05) is 23.8 Å². The van der Waals surface area contributed by atoms with Gasteiger partial charge in [-0.2, -0.15) is 4.98 Å². The van der Waals surface area contributed by atoms with Gasteiger partial charge < -0.3 is 15.4 Å². The molecule has 0 saturated heterocycles. The lowest BCUT2D eigenvalue weighted by Crippen LogP contribution is -2.32. The lowest BCUT2D eigenvalue weighted by atomic mass is 10.2. The molecule has 0 fully saturated rings. The van der Waals surface area contributed by atoms with Crippen LogP contribution in [0, 0.1) is 0 Å². The number of fused-ring (bicyclic) bond motifs is 1. The topological polar surface area (TPSA) is 97.1 Å². The van der Waals surface area contributed by atoms with E-state index in [1.54, 1.807) is 4.90 Å². The highest BCUT2D eigenvalue weighted by atomic mass is 16.5. The van der Waals surface area contributed by atoms with Crippen LogP contribution in [0.1, 0.15) is 17.0 Å². The Labute approximate surface area is 109 Å². The van der Waals surface area contributed by atoms with Crippen molar-refractivity contribution in [1.29, 1.82) is 0 Å². The monoisotopic (exact) mass is 259 g/mol. The van der Waals surface area contributed by atoms with E-state index in [0.717, 1.165) is 12.1 Å². The second-order valence-electron chi connectivity index (χ2n) is 4.17. The molecule has 1 amide bonds. The van der Waals surface area contributed by atoms with Crippen LogP contribution in [0.2, 0.25) is 0 Å². The van der Waals surface area contributed by atoms with E-state index in [9.17, 15) is 4.79 Å². The molecule has 1 aromatic heterocycles. The molecule has 7 nitrogen and oxygen atoms in total. The summed E-state index contributed by atoms with van der Waals surface area (Å²) >= 11 is 0. The van der Waals surface area contributed by atoms with Crippen LogP contribution in [0.3, 0.4) is 0 Å². The summed E-state index contributed by atoms with van der Waals surface area (Å²) < 4.78 is 5.61. The summed E-state index contributed by atoms with van der Waals surface area (Å²) in [5.74, 6) is 0.625. The van der Waals surface area contributed by atoms with Crippen molar-refractivity contribution in [2.24, 2.45) is 0 Å². The minimum absolute atomic E-state index is 0.0581. The van der Waals surface area contributed by atoms with Crippen LogP contribution < -0.4 is 15.4 Å². The molecule has 98 valence electrons. The molecular formula is C12H13N5O2. The highest BCUT2D eigenvalue weighted by Gasteiger charge is 2.25. The van der Waals surface area contributed by atoms with Crippen molar-refractivity contribution < 1.29 is 9.53 Å². The molecule has 19 heavy (non-hydrogen) atoms. The number of aromatic nitrogens is 3. The third-order valence-electron chi connectivity index (χ3n) is 2.89. The molecule has 3 N–H and O–H groups in total. The number of anilines is 2. The predicted molar refractivity (Wildman–Crippen MR) is 69.0 cm³/mol. The molecule has 0 atom stereocenters. The number of para-hydroxylation sites is 2. The number of ether oxygens (including phenoxy) is 1. The first-order valence-corrected chi connectivity index (χ1v) is 5.97. The van der Waals surface area contributed by atoms with Crippen molar-refractivity contribution in [3.63, 3.8) is 0 Å². The Bertz CT molecular complexity index is 610. The quantitative estimate of drug-likeness (QED) is 0.790. The van der Waals surface area contributed by atoms with E-state index < -0.39 is 0 Å². The molecule has 0 bridgehead atoms. The predicted octanol–water partition coefficient (Wildman–Crippen LogP) is 0.816. The number of rotatable bonds is 1. The van der Waals surface area contributed by atoms with Gasteiger partial charge in [0.15, 0.2) is 0 Å². The van der Waals surface area contributed by atoms with Gasteiger partial charge in [0.25, 0.3) is 5.91 Å². The third kappa shape index (κ3) is 2.10. The fourth-order valence-electron chi connectivity index (χ4n) is 2.04. The molecule has 3 rings (SSSR count). The highest BCUT2D eigenvalue weighted by Crippen LogP contribution is 2.31. The minimum Gasteiger partial charge on any atom is -0.491 e. The normalized spacial score (nSPS) is 14.4. The molecule has 2 heterocycles. The van der Waals surface area contributed by atoms with E-state index in [2.05, 4.69) is 15.2 Å². The maximum absolute atomic E-state index is 12.4. The number of nitrogens with zero attached hydrogens (tertiary/aromatic N) is 3. The van der Waals surface area contributed by atoms with Crippen LogP contribution in [0.15, 0.2) is 24.3 Å². The molecule has 0 radical (unpaired) electrons. The van der Waals surface area contributed by atoms with Gasteiger partial charge in [-0.05, 0) is 18.6 Å². The van der Waals surface area contributed by atoms with Gasteiger partial charge in [-0.3, -0.25) is 9.89 Å². The minimum atomic E-state index is -0.262. The third-order valence-corrected chi connectivity index (χ3v) is 2.89. The van der Waals surface area contributed by atoms with Gasteiger partial charge >= 0.3 is 0 Å². The Morgan fingerprint density at radius 1 is 1.42 bits per heavy atom. The van der Waals surface area contributed by atoms with Gasteiger partial charge in [-0.1, -0.05) is 12.1 Å². The number of benzene rings is 1. The van der Waals surface area contributed by atoms with E-state index in [-0.39, 0.29) is 17.7 Å². The number of carbonyl (C=O) groups excluding carboxylic acids is 1. The van der Waals surface area contributed by atoms with Crippen LogP contribution in [0.4, 0.5) is 11.6 Å². The van der Waals surface area contributed by atoms with Crippen LogP contribution in [0.5, 0.6) is 5.75 Å². The summed E-state index contributed by atoms with van der Waals surface area (Å²) in [5.41, 5.74) is 6.16. The molecule has 0 aliphatic carbocycles. The summed E-state index contributed by atoms with van der Waals surface area (Å²) in [7, 11) is 0. The lowest BCUT2D eigenvalue weighted by molar-refractivity contribution is 0.0977. The first kappa shape index (κ1) is 11.5. The fraction of sp³-hybridized carbons (Fsp3) is 0.250. The Hall–Kier alpha value is -2.57. The zero-order valence-electron chi connectivity index (χ0n) is 10.2. The van der Waals surface area contributed by atoms with Crippen LogP contribution in [-0.4, -0.2) is 34.2 Å². The average molecular weight is 259 g/mol. The van der Waals surface area contributed by atoms with E-state index in [0.29, 0.717) is 18.9 Å². The number of nitrogen functional groups attached to an aromatic ring is 1. The van der Waals surface area contributed by atoms with Gasteiger partial charge in [-0.25, -0.2) is 0 Å². The second kappa shape index (κ2) is 4.60. The first-order chi connectivity index (χ1) is 9.25. The number of H-pyrrole nitrogens is 1. The molecule has 1 aliphatic rings. The summed E-state index contributed by atoms with van der Waals surface area (Å²) in [6, 6.07) is 7.43. The Morgan fingerprint density at radius 3 is 3.05 bits per heavy atom. The molecule has 0 spiro atoms. The van der Waals surface area contributed by atoms with Gasteiger partial charge in [0.05, 0.1) is 12.3 Å². The lowest BCUT2D eigenvalue weighted by Gasteiger charge is -2.20. The number of aromatic amines is 1. The van der Waals surface area contributed by atoms with Crippen molar-refractivity contribution >= 4 is 17.5 Å². The zero-order chi connectivity index (χ0) is 13.2. The molecule has 1 aliphatic heterocycles. The summed E-state index contributed by atoms with van der Waals surface area (Å²) in [4.78, 5) is 17.9. The molecular weight excluding hydrogens is 246 g/mol. The van der Waals surface area contributed by atoms with Crippen molar-refractivity contribution in [3.8, 4) is 5.75 Å². The van der Waals surface area contributed by atoms with Crippen LogP contribution in [-0.2, 0) is 0 Å². The number of nitrogens with one attached hydrogen (secondary N) is 1. The van der Waals surface area contributed by atoms with E-state index in [1.807, 2.05) is 24.3 Å². The largest absolute Gasteiger partial charge is 0.491 e. The van der Waals surface area contributed by atoms with E-state index in [4.69, 9.17) is 10.5 Å². The number of amides is 1. The molecule has 2 aromatic rings. The summed E-state index contributed by atoms with van der Waals surface area (Å²) in [5, 5.41) is 6.21. The fourth-order valence-corrected chi connectivity index (χ4v) is 2.04. The van der Waals surface area contributed by atoms with Crippen molar-refractivity contribution in [3.05, 3.63) is 30.1 Å².